The lowest BCUT2D eigenvalue weighted by Crippen LogP contribution is -2.36. The summed E-state index contributed by atoms with van der Waals surface area (Å²) in [6, 6.07) is 3.88. The van der Waals surface area contributed by atoms with Crippen LogP contribution in [-0.2, 0) is 18.3 Å². The summed E-state index contributed by atoms with van der Waals surface area (Å²) in [7, 11) is 1.78. The minimum Gasteiger partial charge on any atom is -0.480 e. The number of carbonyl (C=O) groups is 1. The Hall–Kier alpha value is -1.88. The Morgan fingerprint density at radius 3 is 3.06 bits per heavy atom. The van der Waals surface area contributed by atoms with Gasteiger partial charge in [0.1, 0.15) is 11.9 Å². The van der Waals surface area contributed by atoms with Crippen molar-refractivity contribution in [1.29, 1.82) is 0 Å². The average molecular weight is 248 g/mol. The number of fused-ring (bicyclic) bond motifs is 3. The smallest absolute Gasteiger partial charge is 0.326 e. The molecule has 2 aromatic rings. The van der Waals surface area contributed by atoms with Gasteiger partial charge in [0.05, 0.1) is 11.2 Å². The van der Waals surface area contributed by atoms with Gasteiger partial charge >= 0.3 is 5.97 Å². The molecular weight excluding hydrogens is 235 g/mol. The number of nitrogens with zero attached hydrogens (tertiary/aromatic N) is 1. The minimum atomic E-state index is -0.901. The van der Waals surface area contributed by atoms with Crippen molar-refractivity contribution >= 4 is 16.9 Å². The fraction of sp³-hybridized carbons (Fsp3) is 0.308. The van der Waals surface area contributed by atoms with Crippen molar-refractivity contribution in [2.45, 2.75) is 12.5 Å². The number of hydrogen-bond donors (Lipinski definition) is 2. The molecule has 94 valence electrons. The summed E-state index contributed by atoms with van der Waals surface area (Å²) < 4.78 is 15.1. The Morgan fingerprint density at radius 2 is 2.33 bits per heavy atom. The van der Waals surface area contributed by atoms with E-state index in [2.05, 4.69) is 5.32 Å². The van der Waals surface area contributed by atoms with Crippen LogP contribution in [0.3, 0.4) is 0 Å². The predicted octanol–water partition coefficient (Wildman–Crippen LogP) is 1.59. The van der Waals surface area contributed by atoms with Gasteiger partial charge in [-0.15, -0.1) is 0 Å². The molecule has 1 atom stereocenters. The first-order valence-electron chi connectivity index (χ1n) is 5.82. The molecule has 2 N–H and O–H groups in total. The van der Waals surface area contributed by atoms with Crippen LogP contribution in [0, 0.1) is 5.82 Å². The number of nitrogens with one attached hydrogen (secondary N) is 1. The highest BCUT2D eigenvalue weighted by atomic mass is 19.1. The normalized spacial score (nSPS) is 18.9. The highest BCUT2D eigenvalue weighted by molar-refractivity contribution is 5.89. The Kier molecular flexibility index (Phi) is 2.38. The number of benzene rings is 1. The minimum absolute atomic E-state index is 0.305. The van der Waals surface area contributed by atoms with Gasteiger partial charge in [-0.3, -0.25) is 10.1 Å². The first-order valence-corrected chi connectivity index (χ1v) is 5.82. The molecule has 2 heterocycles. The van der Waals surface area contributed by atoms with Crippen LogP contribution in [0.15, 0.2) is 18.2 Å². The second-order valence-corrected chi connectivity index (χ2v) is 4.56. The maximum atomic E-state index is 13.3. The van der Waals surface area contributed by atoms with Crippen LogP contribution in [0.2, 0.25) is 0 Å². The standard InChI is InChI=1S/C13H13FN2O2/c1-16-10-6-7(14)2-3-8(10)9-4-5-15-11(12(9)16)13(17)18/h2-3,6,11,15H,4-5H2,1H3,(H,17,18). The van der Waals surface area contributed by atoms with Crippen LogP contribution in [0.25, 0.3) is 10.9 Å². The van der Waals surface area contributed by atoms with E-state index in [0.717, 1.165) is 28.6 Å². The van der Waals surface area contributed by atoms with Crippen molar-refractivity contribution in [2.24, 2.45) is 7.05 Å². The third kappa shape index (κ3) is 1.44. The molecule has 18 heavy (non-hydrogen) atoms. The number of hydrogen-bond acceptors (Lipinski definition) is 2. The van der Waals surface area contributed by atoms with Crippen LogP contribution in [0.4, 0.5) is 4.39 Å². The molecule has 0 saturated carbocycles. The van der Waals surface area contributed by atoms with E-state index in [1.807, 2.05) is 0 Å². The van der Waals surface area contributed by atoms with Crippen LogP contribution < -0.4 is 5.32 Å². The first-order chi connectivity index (χ1) is 8.59. The summed E-state index contributed by atoms with van der Waals surface area (Å²) in [6.07, 6.45) is 0.766. The number of carboxylic acids is 1. The van der Waals surface area contributed by atoms with Crippen molar-refractivity contribution in [3.63, 3.8) is 0 Å². The van der Waals surface area contributed by atoms with Crippen molar-refractivity contribution in [2.75, 3.05) is 6.54 Å². The SMILES string of the molecule is Cn1c2c(c3ccc(F)cc31)CCNC2C(=O)O. The van der Waals surface area contributed by atoms with E-state index in [4.69, 9.17) is 0 Å². The molecular formula is C13H13FN2O2. The molecule has 1 aromatic heterocycles. The van der Waals surface area contributed by atoms with Gasteiger partial charge in [-0.25, -0.2) is 4.39 Å². The molecule has 0 aliphatic carbocycles. The summed E-state index contributed by atoms with van der Waals surface area (Å²) in [4.78, 5) is 11.3. The third-order valence-electron chi connectivity index (χ3n) is 3.56. The lowest BCUT2D eigenvalue weighted by atomic mass is 9.99. The van der Waals surface area contributed by atoms with E-state index < -0.39 is 12.0 Å². The van der Waals surface area contributed by atoms with E-state index in [-0.39, 0.29) is 5.82 Å². The molecule has 0 fully saturated rings. The van der Waals surface area contributed by atoms with Crippen molar-refractivity contribution < 1.29 is 14.3 Å². The zero-order valence-electron chi connectivity index (χ0n) is 9.90. The number of aryl methyl sites for hydroxylation is 1. The quantitative estimate of drug-likeness (QED) is 0.805. The van der Waals surface area contributed by atoms with Gasteiger partial charge in [-0.1, -0.05) is 0 Å². The van der Waals surface area contributed by atoms with Gasteiger partial charge in [0.25, 0.3) is 0 Å². The number of aliphatic carboxylic acids is 1. The molecule has 1 aliphatic heterocycles. The number of aromatic nitrogens is 1. The van der Waals surface area contributed by atoms with E-state index in [1.54, 1.807) is 17.7 Å². The molecule has 1 unspecified atom stereocenters. The first kappa shape index (κ1) is 11.2. The summed E-state index contributed by atoms with van der Waals surface area (Å²) in [5, 5.41) is 13.2. The molecule has 0 spiro atoms. The van der Waals surface area contributed by atoms with Crippen LogP contribution in [0.5, 0.6) is 0 Å². The molecule has 0 bridgehead atoms. The van der Waals surface area contributed by atoms with Gasteiger partial charge in [0.2, 0.25) is 0 Å². The molecule has 0 amide bonds. The lowest BCUT2D eigenvalue weighted by molar-refractivity contribution is -0.140. The van der Waals surface area contributed by atoms with E-state index in [1.165, 1.54) is 12.1 Å². The summed E-state index contributed by atoms with van der Waals surface area (Å²) in [6.45, 7) is 0.625. The fourth-order valence-electron chi connectivity index (χ4n) is 2.78. The molecule has 0 saturated heterocycles. The Bertz CT molecular complexity index is 648. The second-order valence-electron chi connectivity index (χ2n) is 4.56. The van der Waals surface area contributed by atoms with Gasteiger partial charge in [0.15, 0.2) is 0 Å². The molecule has 3 rings (SSSR count). The molecule has 5 heteroatoms. The van der Waals surface area contributed by atoms with E-state index in [9.17, 15) is 14.3 Å². The van der Waals surface area contributed by atoms with Crippen LogP contribution >= 0.6 is 0 Å². The average Bonchev–Trinajstić information content (AvgIpc) is 2.63. The number of rotatable bonds is 1. The topological polar surface area (TPSA) is 54.3 Å². The molecule has 4 nitrogen and oxygen atoms in total. The largest absolute Gasteiger partial charge is 0.480 e. The van der Waals surface area contributed by atoms with Crippen molar-refractivity contribution in [1.82, 2.24) is 9.88 Å². The van der Waals surface area contributed by atoms with Gasteiger partial charge in [0, 0.05) is 19.0 Å². The Labute approximate surface area is 103 Å². The Morgan fingerprint density at radius 1 is 1.56 bits per heavy atom. The monoisotopic (exact) mass is 248 g/mol. The summed E-state index contributed by atoms with van der Waals surface area (Å²) in [5.74, 6) is -1.21. The van der Waals surface area contributed by atoms with Crippen molar-refractivity contribution in [3.8, 4) is 0 Å². The van der Waals surface area contributed by atoms with E-state index >= 15 is 0 Å². The van der Waals surface area contributed by atoms with Gasteiger partial charge in [-0.2, -0.15) is 0 Å². The highest BCUT2D eigenvalue weighted by Gasteiger charge is 2.30. The van der Waals surface area contributed by atoms with Crippen LogP contribution in [0.1, 0.15) is 17.3 Å². The molecule has 0 radical (unpaired) electrons. The number of halogens is 1. The predicted molar refractivity (Wildman–Crippen MR) is 65.0 cm³/mol. The maximum Gasteiger partial charge on any atom is 0.326 e. The zero-order valence-corrected chi connectivity index (χ0v) is 9.90. The van der Waals surface area contributed by atoms with Crippen molar-refractivity contribution in [3.05, 3.63) is 35.3 Å². The molecule has 1 aromatic carbocycles. The second kappa shape index (κ2) is 3.81. The van der Waals surface area contributed by atoms with E-state index in [0.29, 0.717) is 6.54 Å². The lowest BCUT2D eigenvalue weighted by Gasteiger charge is -2.22. The third-order valence-corrected chi connectivity index (χ3v) is 3.56. The fourth-order valence-corrected chi connectivity index (χ4v) is 2.78. The summed E-state index contributed by atoms with van der Waals surface area (Å²) in [5.41, 5.74) is 2.49. The number of carboxylic acid groups (broad SMARTS) is 1. The summed E-state index contributed by atoms with van der Waals surface area (Å²) >= 11 is 0. The highest BCUT2D eigenvalue weighted by Crippen LogP contribution is 2.32. The maximum absolute atomic E-state index is 13.3. The van der Waals surface area contributed by atoms with Crippen LogP contribution in [-0.4, -0.2) is 22.2 Å². The van der Waals surface area contributed by atoms with Gasteiger partial charge in [-0.05, 0) is 30.2 Å². The zero-order chi connectivity index (χ0) is 12.9. The molecule has 1 aliphatic rings. The Balaban J connectivity index is 2.33. The van der Waals surface area contributed by atoms with Gasteiger partial charge < -0.3 is 9.67 Å².